The summed E-state index contributed by atoms with van der Waals surface area (Å²) in [6.07, 6.45) is 1.11. The lowest BCUT2D eigenvalue weighted by Crippen LogP contribution is -2.15. The first kappa shape index (κ1) is 11.1. The standard InChI is InChI=1S/C12H20N2/c1-4-13-12-8-6-5-7-11(12)9-10-14(2)3/h5-8,13H,4,9-10H2,1-3H3. The number of nitrogens with one attached hydrogen (secondary N) is 1. The third kappa shape index (κ3) is 3.38. The van der Waals surface area contributed by atoms with Crippen LogP contribution in [0.4, 0.5) is 5.69 Å². The molecule has 1 aromatic carbocycles. The molecule has 2 nitrogen and oxygen atoms in total. The Hall–Kier alpha value is -1.02. The number of anilines is 1. The van der Waals surface area contributed by atoms with Gasteiger partial charge in [-0.25, -0.2) is 0 Å². The van der Waals surface area contributed by atoms with Crippen molar-refractivity contribution in [2.24, 2.45) is 0 Å². The summed E-state index contributed by atoms with van der Waals surface area (Å²) in [4.78, 5) is 2.21. The smallest absolute Gasteiger partial charge is 0.0373 e. The van der Waals surface area contributed by atoms with Crippen molar-refractivity contribution in [3.05, 3.63) is 29.8 Å². The predicted molar refractivity (Wildman–Crippen MR) is 62.9 cm³/mol. The molecule has 0 aliphatic heterocycles. The number of benzene rings is 1. The van der Waals surface area contributed by atoms with Crippen LogP contribution in [0, 0.1) is 0 Å². The quantitative estimate of drug-likeness (QED) is 0.769. The molecule has 0 heterocycles. The first-order valence-electron chi connectivity index (χ1n) is 5.20. The molecule has 0 saturated carbocycles. The largest absolute Gasteiger partial charge is 0.385 e. The highest BCUT2D eigenvalue weighted by molar-refractivity contribution is 5.51. The van der Waals surface area contributed by atoms with Gasteiger partial charge in [0.2, 0.25) is 0 Å². The van der Waals surface area contributed by atoms with E-state index < -0.39 is 0 Å². The van der Waals surface area contributed by atoms with Crippen LogP contribution < -0.4 is 5.32 Å². The van der Waals surface area contributed by atoms with Gasteiger partial charge in [-0.05, 0) is 39.1 Å². The second-order valence-electron chi connectivity index (χ2n) is 3.74. The number of hydrogen-bond donors (Lipinski definition) is 1. The van der Waals surface area contributed by atoms with Crippen LogP contribution in [0.25, 0.3) is 0 Å². The summed E-state index contributed by atoms with van der Waals surface area (Å²) in [5, 5.41) is 3.38. The van der Waals surface area contributed by atoms with Gasteiger partial charge in [-0.15, -0.1) is 0 Å². The molecule has 2 heteroatoms. The minimum Gasteiger partial charge on any atom is -0.385 e. The first-order valence-corrected chi connectivity index (χ1v) is 5.20. The molecule has 1 aromatic rings. The summed E-state index contributed by atoms with van der Waals surface area (Å²) in [6.45, 7) is 4.21. The molecule has 0 aliphatic rings. The molecule has 78 valence electrons. The molecular formula is C12H20N2. The second kappa shape index (κ2) is 5.66. The summed E-state index contributed by atoms with van der Waals surface area (Å²) >= 11 is 0. The Balaban J connectivity index is 2.64. The zero-order valence-corrected chi connectivity index (χ0v) is 9.38. The van der Waals surface area contributed by atoms with Crippen molar-refractivity contribution in [1.82, 2.24) is 4.90 Å². The Morgan fingerprint density at radius 3 is 2.57 bits per heavy atom. The fourth-order valence-corrected chi connectivity index (χ4v) is 1.45. The molecule has 0 atom stereocenters. The van der Waals surface area contributed by atoms with Crippen LogP contribution in [0.5, 0.6) is 0 Å². The fraction of sp³-hybridized carbons (Fsp3) is 0.500. The van der Waals surface area contributed by atoms with Crippen molar-refractivity contribution in [2.75, 3.05) is 32.5 Å². The molecular weight excluding hydrogens is 172 g/mol. The van der Waals surface area contributed by atoms with Crippen LogP contribution in [-0.4, -0.2) is 32.1 Å². The number of para-hydroxylation sites is 1. The first-order chi connectivity index (χ1) is 6.74. The number of rotatable bonds is 5. The van der Waals surface area contributed by atoms with Crippen molar-refractivity contribution in [3.63, 3.8) is 0 Å². The molecule has 0 amide bonds. The van der Waals surface area contributed by atoms with Crippen molar-refractivity contribution in [3.8, 4) is 0 Å². The van der Waals surface area contributed by atoms with E-state index in [1.807, 2.05) is 0 Å². The highest BCUT2D eigenvalue weighted by atomic mass is 15.0. The van der Waals surface area contributed by atoms with Crippen molar-refractivity contribution < 1.29 is 0 Å². The molecule has 0 aromatic heterocycles. The maximum absolute atomic E-state index is 3.38. The van der Waals surface area contributed by atoms with E-state index in [1.165, 1.54) is 11.3 Å². The van der Waals surface area contributed by atoms with Gasteiger partial charge in [0.05, 0.1) is 0 Å². The summed E-state index contributed by atoms with van der Waals surface area (Å²) in [6, 6.07) is 8.53. The minimum absolute atomic E-state index is 0.985. The lowest BCUT2D eigenvalue weighted by Gasteiger charge is -2.13. The van der Waals surface area contributed by atoms with Gasteiger partial charge in [-0.1, -0.05) is 18.2 Å². The van der Waals surface area contributed by atoms with Crippen molar-refractivity contribution in [2.45, 2.75) is 13.3 Å². The number of likely N-dealkylation sites (N-methyl/N-ethyl adjacent to an activating group) is 1. The summed E-state index contributed by atoms with van der Waals surface area (Å²) < 4.78 is 0. The maximum Gasteiger partial charge on any atom is 0.0373 e. The molecule has 1 N–H and O–H groups in total. The fourth-order valence-electron chi connectivity index (χ4n) is 1.45. The van der Waals surface area contributed by atoms with Gasteiger partial charge in [0.1, 0.15) is 0 Å². The van der Waals surface area contributed by atoms with Gasteiger partial charge in [0.25, 0.3) is 0 Å². The van der Waals surface area contributed by atoms with Gasteiger partial charge in [-0.3, -0.25) is 0 Å². The third-order valence-corrected chi connectivity index (χ3v) is 2.21. The molecule has 0 saturated heterocycles. The van der Waals surface area contributed by atoms with E-state index in [1.54, 1.807) is 0 Å². The number of nitrogens with zero attached hydrogens (tertiary/aromatic N) is 1. The third-order valence-electron chi connectivity index (χ3n) is 2.21. The SMILES string of the molecule is CCNc1ccccc1CCN(C)C. The Labute approximate surface area is 86.9 Å². The highest BCUT2D eigenvalue weighted by Gasteiger charge is 2.00. The van der Waals surface area contributed by atoms with E-state index in [4.69, 9.17) is 0 Å². The molecule has 0 radical (unpaired) electrons. The van der Waals surface area contributed by atoms with Crippen molar-refractivity contribution in [1.29, 1.82) is 0 Å². The lowest BCUT2D eigenvalue weighted by molar-refractivity contribution is 0.414. The lowest BCUT2D eigenvalue weighted by atomic mass is 10.1. The topological polar surface area (TPSA) is 15.3 Å². The summed E-state index contributed by atoms with van der Waals surface area (Å²) in [7, 11) is 4.21. The zero-order chi connectivity index (χ0) is 10.4. The maximum atomic E-state index is 3.38. The van der Waals surface area contributed by atoms with Gasteiger partial charge >= 0.3 is 0 Å². The second-order valence-corrected chi connectivity index (χ2v) is 3.74. The Morgan fingerprint density at radius 2 is 1.93 bits per heavy atom. The van der Waals surface area contributed by atoms with E-state index >= 15 is 0 Å². The molecule has 0 fully saturated rings. The van der Waals surface area contributed by atoms with Crippen LogP contribution in [0.3, 0.4) is 0 Å². The highest BCUT2D eigenvalue weighted by Crippen LogP contribution is 2.15. The van der Waals surface area contributed by atoms with E-state index in [0.717, 1.165) is 19.5 Å². The monoisotopic (exact) mass is 192 g/mol. The molecule has 14 heavy (non-hydrogen) atoms. The normalized spacial score (nSPS) is 10.6. The molecule has 0 unspecified atom stereocenters. The van der Waals surface area contributed by atoms with Crippen LogP contribution in [0.15, 0.2) is 24.3 Å². The van der Waals surface area contributed by atoms with E-state index in [-0.39, 0.29) is 0 Å². The molecule has 0 aliphatic carbocycles. The Kier molecular flexibility index (Phi) is 4.47. The van der Waals surface area contributed by atoms with Gasteiger partial charge in [-0.2, -0.15) is 0 Å². The van der Waals surface area contributed by atoms with E-state index in [0.29, 0.717) is 0 Å². The van der Waals surface area contributed by atoms with Crippen LogP contribution in [-0.2, 0) is 6.42 Å². The summed E-state index contributed by atoms with van der Waals surface area (Å²) in [5.41, 5.74) is 2.68. The summed E-state index contributed by atoms with van der Waals surface area (Å²) in [5.74, 6) is 0. The average Bonchev–Trinajstić information content (AvgIpc) is 2.17. The van der Waals surface area contributed by atoms with Gasteiger partial charge < -0.3 is 10.2 Å². The molecule has 0 bridgehead atoms. The van der Waals surface area contributed by atoms with Crippen LogP contribution in [0.2, 0.25) is 0 Å². The Morgan fingerprint density at radius 1 is 1.21 bits per heavy atom. The molecule has 1 rings (SSSR count). The predicted octanol–water partition coefficient (Wildman–Crippen LogP) is 2.22. The Bertz CT molecular complexity index is 269. The zero-order valence-electron chi connectivity index (χ0n) is 9.38. The van der Waals surface area contributed by atoms with E-state index in [2.05, 4.69) is 55.5 Å². The molecule has 0 spiro atoms. The average molecular weight is 192 g/mol. The van der Waals surface area contributed by atoms with E-state index in [9.17, 15) is 0 Å². The van der Waals surface area contributed by atoms with Gasteiger partial charge in [0.15, 0.2) is 0 Å². The van der Waals surface area contributed by atoms with Crippen LogP contribution >= 0.6 is 0 Å². The minimum atomic E-state index is 0.985. The van der Waals surface area contributed by atoms with Crippen LogP contribution in [0.1, 0.15) is 12.5 Å². The number of hydrogen-bond acceptors (Lipinski definition) is 2. The van der Waals surface area contributed by atoms with Gasteiger partial charge in [0, 0.05) is 18.8 Å². The van der Waals surface area contributed by atoms with Crippen molar-refractivity contribution >= 4 is 5.69 Å².